The Morgan fingerprint density at radius 3 is 3.15 bits per heavy atom. The van der Waals surface area contributed by atoms with Crippen molar-refractivity contribution in [1.29, 1.82) is 0 Å². The van der Waals surface area contributed by atoms with Gasteiger partial charge in [-0.25, -0.2) is 0 Å². The summed E-state index contributed by atoms with van der Waals surface area (Å²) in [6.07, 6.45) is 1.20. The number of rotatable bonds is 2. The number of hydrogen-bond acceptors (Lipinski definition) is 3. The van der Waals surface area contributed by atoms with Gasteiger partial charge in [-0.2, -0.15) is 0 Å². The maximum absolute atomic E-state index is 11.4. The number of nitrogens with zero attached hydrogens (tertiary/aromatic N) is 1. The van der Waals surface area contributed by atoms with Gasteiger partial charge in [0.05, 0.1) is 0 Å². The molecular formula is C9H14N2OS. The van der Waals surface area contributed by atoms with Crippen LogP contribution in [0.4, 0.5) is 0 Å². The van der Waals surface area contributed by atoms with Crippen molar-refractivity contribution < 1.29 is 0 Å². The molecule has 1 aromatic rings. The predicted octanol–water partition coefficient (Wildman–Crippen LogP) is 0.828. The monoisotopic (exact) mass is 198 g/mol. The van der Waals surface area contributed by atoms with E-state index in [1.54, 1.807) is 0 Å². The molecule has 0 aliphatic carbocycles. The van der Waals surface area contributed by atoms with E-state index in [1.807, 2.05) is 16.9 Å². The quantitative estimate of drug-likeness (QED) is 0.763. The van der Waals surface area contributed by atoms with Gasteiger partial charge in [0.25, 0.3) is 0 Å². The van der Waals surface area contributed by atoms with Crippen LogP contribution >= 0.6 is 11.3 Å². The molecule has 0 amide bonds. The predicted molar refractivity (Wildman–Crippen MR) is 54.3 cm³/mol. The van der Waals surface area contributed by atoms with E-state index in [-0.39, 0.29) is 4.87 Å². The second-order valence-corrected chi connectivity index (χ2v) is 4.43. The third kappa shape index (κ3) is 1.84. The van der Waals surface area contributed by atoms with Crippen molar-refractivity contribution in [3.05, 3.63) is 20.7 Å². The zero-order valence-electron chi connectivity index (χ0n) is 7.75. The largest absolute Gasteiger partial charge is 0.316 e. The molecule has 2 heterocycles. The molecule has 0 spiro atoms. The molecule has 1 aromatic heterocycles. The molecule has 1 aliphatic rings. The fourth-order valence-electron chi connectivity index (χ4n) is 1.75. The summed E-state index contributed by atoms with van der Waals surface area (Å²) in [5.74, 6) is 0.644. The van der Waals surface area contributed by atoms with Crippen LogP contribution in [0.2, 0.25) is 0 Å². The van der Waals surface area contributed by atoms with E-state index in [2.05, 4.69) is 5.32 Å². The zero-order chi connectivity index (χ0) is 9.26. The van der Waals surface area contributed by atoms with Gasteiger partial charge in [0.15, 0.2) is 0 Å². The lowest BCUT2D eigenvalue weighted by Crippen LogP contribution is -2.21. The van der Waals surface area contributed by atoms with Crippen molar-refractivity contribution in [1.82, 2.24) is 9.88 Å². The van der Waals surface area contributed by atoms with Gasteiger partial charge in [-0.15, -0.1) is 0 Å². The minimum absolute atomic E-state index is 0.185. The number of hydrogen-bond donors (Lipinski definition) is 1. The molecule has 1 atom stereocenters. The van der Waals surface area contributed by atoms with Crippen LogP contribution in [0.5, 0.6) is 0 Å². The van der Waals surface area contributed by atoms with Crippen LogP contribution in [0.3, 0.4) is 0 Å². The van der Waals surface area contributed by atoms with Crippen LogP contribution in [0.25, 0.3) is 0 Å². The second-order valence-electron chi connectivity index (χ2n) is 3.61. The van der Waals surface area contributed by atoms with Gasteiger partial charge in [-0.3, -0.25) is 4.79 Å². The number of nitrogens with one attached hydrogen (secondary N) is 1. The smallest absolute Gasteiger partial charge is 0.307 e. The Labute approximate surface area is 81.4 Å². The SMILES string of the molecule is Cc1csc(=O)n1CC1CCNC1. The highest BCUT2D eigenvalue weighted by Crippen LogP contribution is 2.11. The minimum Gasteiger partial charge on any atom is -0.316 e. The summed E-state index contributed by atoms with van der Waals surface area (Å²) in [5, 5.41) is 5.25. The number of aromatic nitrogens is 1. The first kappa shape index (κ1) is 8.97. The molecule has 0 aromatic carbocycles. The average molecular weight is 198 g/mol. The summed E-state index contributed by atoms with van der Waals surface area (Å²) in [7, 11) is 0. The number of aryl methyl sites for hydroxylation is 1. The van der Waals surface area contributed by atoms with Crippen LogP contribution in [0.15, 0.2) is 10.2 Å². The van der Waals surface area contributed by atoms with Crippen LogP contribution < -0.4 is 10.2 Å². The van der Waals surface area contributed by atoms with E-state index in [1.165, 1.54) is 17.8 Å². The van der Waals surface area contributed by atoms with E-state index < -0.39 is 0 Å². The Kier molecular flexibility index (Phi) is 2.51. The van der Waals surface area contributed by atoms with Crippen molar-refractivity contribution in [2.45, 2.75) is 19.9 Å². The lowest BCUT2D eigenvalue weighted by molar-refractivity contribution is 0.471. The van der Waals surface area contributed by atoms with Crippen LogP contribution in [-0.4, -0.2) is 17.7 Å². The summed E-state index contributed by atoms with van der Waals surface area (Å²) in [5.41, 5.74) is 1.10. The Morgan fingerprint density at radius 2 is 2.62 bits per heavy atom. The molecule has 3 nitrogen and oxygen atoms in total. The van der Waals surface area contributed by atoms with Gasteiger partial charge < -0.3 is 9.88 Å². The maximum Gasteiger partial charge on any atom is 0.307 e. The second kappa shape index (κ2) is 3.64. The van der Waals surface area contributed by atoms with Crippen LogP contribution in [0.1, 0.15) is 12.1 Å². The number of thiazole rings is 1. The van der Waals surface area contributed by atoms with E-state index in [9.17, 15) is 4.79 Å². The molecule has 1 saturated heterocycles. The van der Waals surface area contributed by atoms with Gasteiger partial charge in [-0.1, -0.05) is 11.3 Å². The summed E-state index contributed by atoms with van der Waals surface area (Å²) in [6, 6.07) is 0. The molecule has 4 heteroatoms. The average Bonchev–Trinajstić information content (AvgIpc) is 2.70. The Balaban J connectivity index is 2.12. The van der Waals surface area contributed by atoms with Gasteiger partial charge in [0.2, 0.25) is 0 Å². The molecule has 1 fully saturated rings. The fraction of sp³-hybridized carbons (Fsp3) is 0.667. The van der Waals surface area contributed by atoms with Gasteiger partial charge in [0, 0.05) is 17.6 Å². The Bertz CT molecular complexity index is 336. The molecular weight excluding hydrogens is 184 g/mol. The van der Waals surface area contributed by atoms with Gasteiger partial charge in [0.1, 0.15) is 0 Å². The molecule has 2 rings (SSSR count). The highest BCUT2D eigenvalue weighted by atomic mass is 32.1. The van der Waals surface area contributed by atoms with Gasteiger partial charge in [-0.05, 0) is 32.4 Å². The van der Waals surface area contributed by atoms with E-state index in [0.29, 0.717) is 5.92 Å². The Morgan fingerprint density at radius 1 is 1.77 bits per heavy atom. The summed E-state index contributed by atoms with van der Waals surface area (Å²) in [6.45, 7) is 5.05. The van der Waals surface area contributed by atoms with Crippen LogP contribution in [0, 0.1) is 12.8 Å². The minimum atomic E-state index is 0.185. The first-order valence-corrected chi connectivity index (χ1v) is 5.51. The summed E-state index contributed by atoms with van der Waals surface area (Å²) < 4.78 is 1.89. The van der Waals surface area contributed by atoms with Crippen molar-refractivity contribution in [3.8, 4) is 0 Å². The zero-order valence-corrected chi connectivity index (χ0v) is 8.56. The third-order valence-corrected chi connectivity index (χ3v) is 3.46. The summed E-state index contributed by atoms with van der Waals surface area (Å²) >= 11 is 1.30. The van der Waals surface area contributed by atoms with Crippen LogP contribution in [-0.2, 0) is 6.54 Å². The highest BCUT2D eigenvalue weighted by Gasteiger charge is 2.16. The third-order valence-electron chi connectivity index (χ3n) is 2.58. The summed E-state index contributed by atoms with van der Waals surface area (Å²) in [4.78, 5) is 11.6. The first-order chi connectivity index (χ1) is 6.27. The lowest BCUT2D eigenvalue weighted by atomic mass is 10.1. The van der Waals surface area contributed by atoms with Gasteiger partial charge >= 0.3 is 4.87 Å². The first-order valence-electron chi connectivity index (χ1n) is 4.63. The molecule has 0 bridgehead atoms. The Hall–Kier alpha value is -0.610. The maximum atomic E-state index is 11.4. The lowest BCUT2D eigenvalue weighted by Gasteiger charge is -2.09. The topological polar surface area (TPSA) is 34.0 Å². The molecule has 1 N–H and O–H groups in total. The normalized spacial score (nSPS) is 22.4. The van der Waals surface area contributed by atoms with Crippen molar-refractivity contribution in [2.75, 3.05) is 13.1 Å². The molecule has 0 saturated carbocycles. The fourth-order valence-corrected chi connectivity index (χ4v) is 2.50. The molecule has 72 valence electrons. The van der Waals surface area contributed by atoms with E-state index in [4.69, 9.17) is 0 Å². The molecule has 1 aliphatic heterocycles. The molecule has 13 heavy (non-hydrogen) atoms. The van der Waals surface area contributed by atoms with E-state index >= 15 is 0 Å². The van der Waals surface area contributed by atoms with Crippen molar-refractivity contribution in [3.63, 3.8) is 0 Å². The standard InChI is InChI=1S/C9H14N2OS/c1-7-6-13-9(12)11(7)5-8-2-3-10-4-8/h6,8,10H,2-5H2,1H3. The highest BCUT2D eigenvalue weighted by molar-refractivity contribution is 7.07. The van der Waals surface area contributed by atoms with E-state index in [0.717, 1.165) is 25.3 Å². The molecule has 0 radical (unpaired) electrons. The van der Waals surface area contributed by atoms with Crippen molar-refractivity contribution in [2.24, 2.45) is 5.92 Å². The molecule has 1 unspecified atom stereocenters. The van der Waals surface area contributed by atoms with Crippen molar-refractivity contribution >= 4 is 11.3 Å².